The third-order valence-corrected chi connectivity index (χ3v) is 7.20. The molecule has 180 valence electrons. The van der Waals surface area contributed by atoms with E-state index >= 15 is 0 Å². The van der Waals surface area contributed by atoms with E-state index in [-0.39, 0.29) is 23.1 Å². The summed E-state index contributed by atoms with van der Waals surface area (Å²) < 4.78 is 44.6. The molecular formula is C25H28N2O6S. The maximum absolute atomic E-state index is 13.1. The topological polar surface area (TPSA) is 107 Å². The lowest BCUT2D eigenvalue weighted by atomic mass is 10.1. The molecule has 1 aromatic heterocycles. The van der Waals surface area contributed by atoms with Crippen LogP contribution >= 0.6 is 0 Å². The van der Waals surface area contributed by atoms with Crippen molar-refractivity contribution in [2.45, 2.75) is 50.2 Å². The maximum Gasteiger partial charge on any atom is 0.255 e. The largest absolute Gasteiger partial charge is 0.493 e. The summed E-state index contributed by atoms with van der Waals surface area (Å²) in [6.45, 7) is 1.77. The molecule has 0 radical (unpaired) electrons. The summed E-state index contributed by atoms with van der Waals surface area (Å²) >= 11 is 0. The Kier molecular flexibility index (Phi) is 7.23. The molecule has 1 aliphatic rings. The summed E-state index contributed by atoms with van der Waals surface area (Å²) in [7, 11) is -2.26. The van der Waals surface area contributed by atoms with Crippen LogP contribution in [0.25, 0.3) is 0 Å². The predicted molar refractivity (Wildman–Crippen MR) is 128 cm³/mol. The van der Waals surface area contributed by atoms with Crippen LogP contribution in [0.15, 0.2) is 64.1 Å². The van der Waals surface area contributed by atoms with Crippen molar-refractivity contribution in [3.05, 3.63) is 71.7 Å². The van der Waals surface area contributed by atoms with Crippen molar-refractivity contribution in [2.24, 2.45) is 0 Å². The second kappa shape index (κ2) is 10.3. The highest BCUT2D eigenvalue weighted by Crippen LogP contribution is 2.34. The van der Waals surface area contributed by atoms with Gasteiger partial charge in [0.1, 0.15) is 5.76 Å². The molecule has 1 fully saturated rings. The Labute approximate surface area is 199 Å². The van der Waals surface area contributed by atoms with E-state index < -0.39 is 15.9 Å². The Morgan fingerprint density at radius 2 is 1.88 bits per heavy atom. The number of sulfonamides is 1. The molecule has 3 aromatic rings. The summed E-state index contributed by atoms with van der Waals surface area (Å²) in [5.41, 5.74) is 1.44. The van der Waals surface area contributed by atoms with Gasteiger partial charge >= 0.3 is 0 Å². The number of hydrogen-bond acceptors (Lipinski definition) is 6. The van der Waals surface area contributed by atoms with E-state index in [0.29, 0.717) is 28.5 Å². The molecule has 0 aliphatic heterocycles. The van der Waals surface area contributed by atoms with Crippen LogP contribution in [0.3, 0.4) is 0 Å². The lowest BCUT2D eigenvalue weighted by Gasteiger charge is -2.17. The molecule has 2 N–H and O–H groups in total. The number of methoxy groups -OCH3 is 1. The molecule has 1 aliphatic carbocycles. The van der Waals surface area contributed by atoms with E-state index in [2.05, 4.69) is 10.0 Å². The monoisotopic (exact) mass is 484 g/mol. The molecule has 34 heavy (non-hydrogen) atoms. The molecule has 8 nitrogen and oxygen atoms in total. The van der Waals surface area contributed by atoms with Crippen molar-refractivity contribution in [2.75, 3.05) is 12.4 Å². The third-order valence-electron chi connectivity index (χ3n) is 5.80. The fraction of sp³-hybridized carbons (Fsp3) is 0.320. The first kappa shape index (κ1) is 23.8. The molecule has 0 atom stereocenters. The maximum atomic E-state index is 13.1. The Morgan fingerprint density at radius 3 is 2.59 bits per heavy atom. The van der Waals surface area contributed by atoms with Crippen LogP contribution in [0.1, 0.15) is 47.4 Å². The Bertz CT molecular complexity index is 1250. The first-order valence-corrected chi connectivity index (χ1v) is 12.6. The number of amides is 1. The summed E-state index contributed by atoms with van der Waals surface area (Å²) in [5.74, 6) is 1.24. The number of rotatable bonds is 9. The minimum atomic E-state index is -3.84. The zero-order valence-corrected chi connectivity index (χ0v) is 20.0. The van der Waals surface area contributed by atoms with Gasteiger partial charge < -0.3 is 19.2 Å². The quantitative estimate of drug-likeness (QED) is 0.458. The first-order chi connectivity index (χ1) is 16.4. The summed E-state index contributed by atoms with van der Waals surface area (Å²) in [4.78, 5) is 13.1. The van der Waals surface area contributed by atoms with E-state index in [9.17, 15) is 13.2 Å². The van der Waals surface area contributed by atoms with E-state index in [4.69, 9.17) is 13.9 Å². The van der Waals surface area contributed by atoms with Crippen LogP contribution in [0.5, 0.6) is 11.5 Å². The molecule has 1 saturated carbocycles. The molecule has 1 heterocycles. The average Bonchev–Trinajstić information content (AvgIpc) is 3.52. The van der Waals surface area contributed by atoms with Crippen molar-refractivity contribution in [3.8, 4) is 11.5 Å². The fourth-order valence-electron chi connectivity index (χ4n) is 3.91. The SMILES string of the molecule is COc1ccc(NC(=O)c2cc(S(=O)(=O)NCc3ccco3)ccc2C)cc1OC1CCCC1. The number of carbonyl (C=O) groups is 1. The first-order valence-electron chi connectivity index (χ1n) is 11.1. The van der Waals surface area contributed by atoms with Gasteiger partial charge in [-0.1, -0.05) is 6.07 Å². The minimum absolute atomic E-state index is 0.00482. The number of hydrogen-bond donors (Lipinski definition) is 2. The number of furan rings is 1. The van der Waals surface area contributed by atoms with E-state index in [1.54, 1.807) is 50.4 Å². The van der Waals surface area contributed by atoms with Crippen LogP contribution in [0, 0.1) is 6.92 Å². The van der Waals surface area contributed by atoms with Crippen molar-refractivity contribution in [1.82, 2.24) is 4.72 Å². The summed E-state index contributed by atoms with van der Waals surface area (Å²) in [6, 6.07) is 13.0. The Hall–Kier alpha value is -3.30. The highest BCUT2D eigenvalue weighted by molar-refractivity contribution is 7.89. The zero-order chi connectivity index (χ0) is 24.1. The van der Waals surface area contributed by atoms with Gasteiger partial charge in [0.05, 0.1) is 30.9 Å². The number of nitrogens with one attached hydrogen (secondary N) is 2. The Morgan fingerprint density at radius 1 is 1.09 bits per heavy atom. The molecule has 2 aromatic carbocycles. The molecular weight excluding hydrogens is 456 g/mol. The van der Waals surface area contributed by atoms with Gasteiger partial charge in [0.2, 0.25) is 10.0 Å². The van der Waals surface area contributed by atoms with Crippen LogP contribution in [0.2, 0.25) is 0 Å². The van der Waals surface area contributed by atoms with Gasteiger partial charge in [-0.3, -0.25) is 4.79 Å². The van der Waals surface area contributed by atoms with Gasteiger partial charge in [-0.15, -0.1) is 0 Å². The van der Waals surface area contributed by atoms with E-state index in [1.165, 1.54) is 18.4 Å². The smallest absolute Gasteiger partial charge is 0.255 e. The lowest BCUT2D eigenvalue weighted by molar-refractivity contribution is 0.102. The standard InChI is InChI=1S/C25H28N2O6S/c1-17-9-11-21(34(29,30)26-16-20-8-5-13-32-20)15-22(17)25(28)27-18-10-12-23(31-2)24(14-18)33-19-6-3-4-7-19/h5,8-15,19,26H,3-4,6-7,16H2,1-2H3,(H,27,28). The van der Waals surface area contributed by atoms with Crippen molar-refractivity contribution in [3.63, 3.8) is 0 Å². The van der Waals surface area contributed by atoms with Gasteiger partial charge in [-0.05, 0) is 74.6 Å². The minimum Gasteiger partial charge on any atom is -0.493 e. The molecule has 0 unspecified atom stereocenters. The van der Waals surface area contributed by atoms with Crippen molar-refractivity contribution < 1.29 is 27.1 Å². The van der Waals surface area contributed by atoms with Gasteiger partial charge in [0.25, 0.3) is 5.91 Å². The second-order valence-electron chi connectivity index (χ2n) is 8.22. The number of anilines is 1. The number of aryl methyl sites for hydroxylation is 1. The van der Waals surface area contributed by atoms with Crippen LogP contribution in [-0.4, -0.2) is 27.5 Å². The molecule has 0 bridgehead atoms. The fourth-order valence-corrected chi connectivity index (χ4v) is 4.93. The van der Waals surface area contributed by atoms with Crippen LogP contribution < -0.4 is 19.5 Å². The van der Waals surface area contributed by atoms with Gasteiger partial charge in [0, 0.05) is 17.3 Å². The Balaban J connectivity index is 1.51. The highest BCUT2D eigenvalue weighted by atomic mass is 32.2. The summed E-state index contributed by atoms with van der Waals surface area (Å²) in [6.07, 6.45) is 5.87. The molecule has 1 amide bonds. The normalized spacial score (nSPS) is 14.2. The van der Waals surface area contributed by atoms with Crippen molar-refractivity contribution in [1.29, 1.82) is 0 Å². The molecule has 9 heteroatoms. The molecule has 4 rings (SSSR count). The summed E-state index contributed by atoms with van der Waals surface area (Å²) in [5, 5.41) is 2.84. The van der Waals surface area contributed by atoms with Gasteiger partial charge in [-0.2, -0.15) is 0 Å². The van der Waals surface area contributed by atoms with Gasteiger partial charge in [-0.25, -0.2) is 13.1 Å². The lowest BCUT2D eigenvalue weighted by Crippen LogP contribution is -2.24. The average molecular weight is 485 g/mol. The van der Waals surface area contributed by atoms with Gasteiger partial charge in [0.15, 0.2) is 11.5 Å². The van der Waals surface area contributed by atoms with E-state index in [1.807, 2.05) is 0 Å². The third kappa shape index (κ3) is 5.60. The highest BCUT2D eigenvalue weighted by Gasteiger charge is 2.21. The molecule has 0 saturated heterocycles. The zero-order valence-electron chi connectivity index (χ0n) is 19.2. The molecule has 0 spiro atoms. The second-order valence-corrected chi connectivity index (χ2v) is 9.99. The van der Waals surface area contributed by atoms with Crippen LogP contribution in [0.4, 0.5) is 5.69 Å². The number of carbonyl (C=O) groups excluding carboxylic acids is 1. The number of benzene rings is 2. The number of ether oxygens (including phenoxy) is 2. The van der Waals surface area contributed by atoms with Crippen molar-refractivity contribution >= 4 is 21.6 Å². The van der Waals surface area contributed by atoms with E-state index in [0.717, 1.165) is 25.7 Å². The van der Waals surface area contributed by atoms with Crippen LogP contribution in [-0.2, 0) is 16.6 Å². The predicted octanol–water partition coefficient (Wildman–Crippen LogP) is 4.65.